The lowest BCUT2D eigenvalue weighted by Crippen LogP contribution is -2.25. The summed E-state index contributed by atoms with van der Waals surface area (Å²) in [4.78, 5) is 24.0. The average Bonchev–Trinajstić information content (AvgIpc) is 2.56. The number of hydrogen-bond acceptors (Lipinski definition) is 4. The van der Waals surface area contributed by atoms with Gasteiger partial charge in [-0.25, -0.2) is 9.18 Å². The van der Waals surface area contributed by atoms with Crippen LogP contribution < -0.4 is 5.43 Å². The van der Waals surface area contributed by atoms with E-state index >= 15 is 0 Å². The Morgan fingerprint density at radius 3 is 2.50 bits per heavy atom. The van der Waals surface area contributed by atoms with E-state index < -0.39 is 23.2 Å². The van der Waals surface area contributed by atoms with E-state index in [1.807, 2.05) is 6.92 Å². The third-order valence-electron chi connectivity index (χ3n) is 3.77. The van der Waals surface area contributed by atoms with Gasteiger partial charge in [0.2, 0.25) is 5.43 Å². The van der Waals surface area contributed by atoms with Crippen LogP contribution in [0.25, 0.3) is 0 Å². The number of aromatic nitrogens is 1. The van der Waals surface area contributed by atoms with Crippen molar-refractivity contribution >= 4 is 5.97 Å². The molecule has 0 spiro atoms. The van der Waals surface area contributed by atoms with Crippen molar-refractivity contribution in [1.82, 2.24) is 4.57 Å². The molecule has 2 aromatic rings. The van der Waals surface area contributed by atoms with Gasteiger partial charge in [-0.15, -0.1) is 0 Å². The van der Waals surface area contributed by atoms with Gasteiger partial charge in [-0.1, -0.05) is 19.1 Å². The number of benzene rings is 1. The number of halogens is 1. The summed E-state index contributed by atoms with van der Waals surface area (Å²) >= 11 is 0. The fourth-order valence-electron chi connectivity index (χ4n) is 2.56. The highest BCUT2D eigenvalue weighted by Gasteiger charge is 2.23. The Balaban J connectivity index is 2.48. The first-order valence-corrected chi connectivity index (χ1v) is 7.82. The summed E-state index contributed by atoms with van der Waals surface area (Å²) in [6, 6.07) is 6.32. The Hall–Kier alpha value is -2.63. The van der Waals surface area contributed by atoms with Gasteiger partial charge >= 0.3 is 5.97 Å². The molecule has 0 aliphatic carbocycles. The molecule has 1 unspecified atom stereocenters. The summed E-state index contributed by atoms with van der Waals surface area (Å²) in [7, 11) is 0. The molecular weight excluding hydrogens is 313 g/mol. The van der Waals surface area contributed by atoms with Gasteiger partial charge < -0.3 is 14.4 Å². The molecule has 128 valence electrons. The van der Waals surface area contributed by atoms with Crippen LogP contribution in [0.4, 0.5) is 4.39 Å². The van der Waals surface area contributed by atoms with Crippen LogP contribution in [-0.2, 0) is 16.0 Å². The van der Waals surface area contributed by atoms with E-state index in [2.05, 4.69) is 0 Å². The minimum Gasteiger partial charge on any atom is -0.503 e. The Morgan fingerprint density at radius 1 is 1.25 bits per heavy atom. The fraction of sp³-hybridized carbons (Fsp3) is 0.333. The predicted octanol–water partition coefficient (Wildman–Crippen LogP) is 2.80. The molecule has 1 atom stereocenters. The lowest BCUT2D eigenvalue weighted by atomic mass is 10.1. The van der Waals surface area contributed by atoms with Crippen LogP contribution in [-0.4, -0.2) is 22.2 Å². The number of hydrogen-bond donors (Lipinski definition) is 1. The number of ether oxygens (including phenoxy) is 1. The minimum atomic E-state index is -0.646. The summed E-state index contributed by atoms with van der Waals surface area (Å²) in [5.74, 6) is -1.21. The van der Waals surface area contributed by atoms with Crippen molar-refractivity contribution in [3.8, 4) is 5.75 Å². The molecule has 0 aliphatic rings. The molecule has 0 saturated heterocycles. The molecule has 5 nitrogen and oxygen atoms in total. The highest BCUT2D eigenvalue weighted by Crippen LogP contribution is 2.23. The fourth-order valence-corrected chi connectivity index (χ4v) is 2.56. The predicted molar refractivity (Wildman–Crippen MR) is 87.5 cm³/mol. The van der Waals surface area contributed by atoms with E-state index in [0.717, 1.165) is 0 Å². The van der Waals surface area contributed by atoms with Gasteiger partial charge in [0.1, 0.15) is 11.9 Å². The van der Waals surface area contributed by atoms with Crippen LogP contribution in [0.15, 0.2) is 41.3 Å². The van der Waals surface area contributed by atoms with Gasteiger partial charge in [0.25, 0.3) is 0 Å². The Labute approximate surface area is 139 Å². The van der Waals surface area contributed by atoms with Crippen molar-refractivity contribution in [3.63, 3.8) is 0 Å². The van der Waals surface area contributed by atoms with Crippen LogP contribution in [0.2, 0.25) is 0 Å². The summed E-state index contributed by atoms with van der Waals surface area (Å²) in [6.45, 7) is 3.78. The molecule has 0 fully saturated rings. The van der Waals surface area contributed by atoms with Gasteiger partial charge in [0.05, 0.1) is 12.3 Å². The molecule has 0 amide bonds. The summed E-state index contributed by atoms with van der Waals surface area (Å²) in [6.07, 6.45) is 2.11. The first kappa shape index (κ1) is 17.7. The number of carbonyl (C=O) groups excluding carboxylic acids is 1. The van der Waals surface area contributed by atoms with Crippen LogP contribution in [0.5, 0.6) is 5.75 Å². The van der Waals surface area contributed by atoms with Crippen molar-refractivity contribution in [2.24, 2.45) is 0 Å². The van der Waals surface area contributed by atoms with Crippen LogP contribution in [0.1, 0.15) is 37.6 Å². The first-order chi connectivity index (χ1) is 11.5. The van der Waals surface area contributed by atoms with Crippen molar-refractivity contribution < 1.29 is 19.0 Å². The highest BCUT2D eigenvalue weighted by atomic mass is 19.1. The number of rotatable bonds is 6. The number of aromatic hydroxyl groups is 1. The quantitative estimate of drug-likeness (QED) is 0.826. The molecule has 24 heavy (non-hydrogen) atoms. The summed E-state index contributed by atoms with van der Waals surface area (Å²) < 4.78 is 19.7. The van der Waals surface area contributed by atoms with E-state index in [9.17, 15) is 19.1 Å². The van der Waals surface area contributed by atoms with Gasteiger partial charge in [-0.3, -0.25) is 4.79 Å². The SMILES string of the molecule is CCOC(=O)C(CC)n1ccc(=O)c(O)c1Cc1ccc(F)cc1. The maximum atomic E-state index is 13.1. The van der Waals surface area contributed by atoms with Gasteiger partial charge in [0.15, 0.2) is 5.75 Å². The second-order valence-corrected chi connectivity index (χ2v) is 5.36. The van der Waals surface area contributed by atoms with Gasteiger partial charge in [-0.05, 0) is 31.0 Å². The second-order valence-electron chi connectivity index (χ2n) is 5.36. The van der Waals surface area contributed by atoms with E-state index in [-0.39, 0.29) is 18.8 Å². The number of nitrogens with zero attached hydrogens (tertiary/aromatic N) is 1. The van der Waals surface area contributed by atoms with Crippen molar-refractivity contribution in [2.75, 3.05) is 6.61 Å². The maximum Gasteiger partial charge on any atom is 0.329 e. The summed E-state index contributed by atoms with van der Waals surface area (Å²) in [5.41, 5.74) is 0.487. The monoisotopic (exact) mass is 333 g/mol. The number of pyridine rings is 1. The van der Waals surface area contributed by atoms with Crippen LogP contribution in [0.3, 0.4) is 0 Å². The van der Waals surface area contributed by atoms with Gasteiger partial charge in [-0.2, -0.15) is 0 Å². The molecule has 2 rings (SSSR count). The van der Waals surface area contributed by atoms with E-state index in [1.54, 1.807) is 23.6 Å². The Bertz CT molecular complexity index is 768. The Kier molecular flexibility index (Phi) is 5.73. The molecule has 0 saturated carbocycles. The highest BCUT2D eigenvalue weighted by molar-refractivity contribution is 5.74. The topological polar surface area (TPSA) is 68.5 Å². The largest absolute Gasteiger partial charge is 0.503 e. The average molecular weight is 333 g/mol. The smallest absolute Gasteiger partial charge is 0.329 e. The third-order valence-corrected chi connectivity index (χ3v) is 3.77. The standard InChI is InChI=1S/C18H20FNO4/c1-3-14(18(23)24-4-2)20-10-9-16(21)17(22)15(20)11-12-5-7-13(19)8-6-12/h5-10,14,22H,3-4,11H2,1-2H3. The normalized spacial score (nSPS) is 12.0. The first-order valence-electron chi connectivity index (χ1n) is 7.82. The van der Waals surface area contributed by atoms with E-state index in [4.69, 9.17) is 4.74 Å². The molecule has 1 aromatic heterocycles. The molecule has 1 N–H and O–H groups in total. The lowest BCUT2D eigenvalue weighted by molar-refractivity contribution is -0.147. The summed E-state index contributed by atoms with van der Waals surface area (Å²) in [5, 5.41) is 10.2. The van der Waals surface area contributed by atoms with Crippen molar-refractivity contribution in [3.05, 3.63) is 63.8 Å². The van der Waals surface area contributed by atoms with Crippen molar-refractivity contribution in [1.29, 1.82) is 0 Å². The molecule has 0 radical (unpaired) electrons. The molecular formula is C18H20FNO4. The number of esters is 1. The lowest BCUT2D eigenvalue weighted by Gasteiger charge is -2.22. The molecule has 0 bridgehead atoms. The molecule has 1 heterocycles. The van der Waals surface area contributed by atoms with Crippen molar-refractivity contribution in [2.45, 2.75) is 32.7 Å². The minimum absolute atomic E-state index is 0.193. The van der Waals surface area contributed by atoms with Crippen LogP contribution >= 0.6 is 0 Å². The maximum absolute atomic E-state index is 13.1. The Morgan fingerprint density at radius 2 is 1.92 bits per heavy atom. The third kappa shape index (κ3) is 3.82. The second kappa shape index (κ2) is 7.77. The zero-order chi connectivity index (χ0) is 17.7. The van der Waals surface area contributed by atoms with E-state index in [0.29, 0.717) is 17.7 Å². The molecule has 0 aliphatic heterocycles. The zero-order valence-electron chi connectivity index (χ0n) is 13.7. The molecule has 1 aromatic carbocycles. The van der Waals surface area contributed by atoms with Gasteiger partial charge in [0, 0.05) is 18.7 Å². The van der Waals surface area contributed by atoms with Crippen LogP contribution in [0, 0.1) is 5.82 Å². The number of carbonyl (C=O) groups is 1. The van der Waals surface area contributed by atoms with E-state index in [1.165, 1.54) is 24.4 Å². The molecule has 6 heteroatoms. The zero-order valence-corrected chi connectivity index (χ0v) is 13.7.